The Morgan fingerprint density at radius 1 is 1.32 bits per heavy atom. The Bertz CT molecular complexity index is 838. The van der Waals surface area contributed by atoms with Gasteiger partial charge in [0.1, 0.15) is 5.82 Å². The van der Waals surface area contributed by atoms with E-state index in [2.05, 4.69) is 24.8 Å². The van der Waals surface area contributed by atoms with Crippen LogP contribution < -0.4 is 5.32 Å². The molecule has 0 aliphatic carbocycles. The van der Waals surface area contributed by atoms with Crippen molar-refractivity contribution in [2.45, 2.75) is 31.7 Å². The van der Waals surface area contributed by atoms with Crippen molar-refractivity contribution in [3.05, 3.63) is 60.6 Å². The fourth-order valence-electron chi connectivity index (χ4n) is 3.43. The Morgan fingerprint density at radius 3 is 3.08 bits per heavy atom. The van der Waals surface area contributed by atoms with Gasteiger partial charge in [0, 0.05) is 49.2 Å². The summed E-state index contributed by atoms with van der Waals surface area (Å²) in [5.74, 6) is 1.18. The van der Waals surface area contributed by atoms with E-state index in [1.165, 1.54) is 0 Å². The standard InChI is InChI=1S/C19H21N5O/c25-19(8-5-15-4-2-10-21-15)23-12-16-6-7-18-22-13-17(24(16)18)14-3-1-9-20-11-14/h1-4,9-11,13,16,21H,5-8,12H2,(H,23,25). The van der Waals surface area contributed by atoms with Crippen LogP contribution >= 0.6 is 0 Å². The first-order valence-electron chi connectivity index (χ1n) is 8.67. The number of pyridine rings is 1. The summed E-state index contributed by atoms with van der Waals surface area (Å²) in [5, 5.41) is 3.08. The largest absolute Gasteiger partial charge is 0.365 e. The summed E-state index contributed by atoms with van der Waals surface area (Å²) in [4.78, 5) is 24.0. The van der Waals surface area contributed by atoms with Crippen LogP contribution in [0.4, 0.5) is 0 Å². The number of rotatable bonds is 6. The molecule has 0 fully saturated rings. The smallest absolute Gasteiger partial charge is 0.220 e. The highest BCUT2D eigenvalue weighted by Gasteiger charge is 2.26. The maximum atomic E-state index is 12.1. The lowest BCUT2D eigenvalue weighted by Crippen LogP contribution is -2.30. The first-order valence-corrected chi connectivity index (χ1v) is 8.67. The first kappa shape index (κ1) is 15.6. The summed E-state index contributed by atoms with van der Waals surface area (Å²) in [7, 11) is 0. The van der Waals surface area contributed by atoms with E-state index in [0.29, 0.717) is 13.0 Å². The van der Waals surface area contributed by atoms with E-state index >= 15 is 0 Å². The van der Waals surface area contributed by atoms with Gasteiger partial charge in [-0.3, -0.25) is 9.78 Å². The van der Waals surface area contributed by atoms with E-state index in [1.54, 1.807) is 6.20 Å². The molecule has 0 saturated carbocycles. The normalized spacial score (nSPS) is 15.9. The summed E-state index contributed by atoms with van der Waals surface area (Å²) in [6, 6.07) is 8.18. The molecule has 1 atom stereocenters. The van der Waals surface area contributed by atoms with Gasteiger partial charge >= 0.3 is 0 Å². The number of aromatic amines is 1. The molecule has 6 nitrogen and oxygen atoms in total. The summed E-state index contributed by atoms with van der Waals surface area (Å²) in [5.41, 5.74) is 3.23. The summed E-state index contributed by atoms with van der Waals surface area (Å²) in [6.07, 6.45) is 10.6. The van der Waals surface area contributed by atoms with Gasteiger partial charge in [0.25, 0.3) is 0 Å². The minimum Gasteiger partial charge on any atom is -0.365 e. The zero-order chi connectivity index (χ0) is 17.1. The van der Waals surface area contributed by atoms with Gasteiger partial charge in [-0.15, -0.1) is 0 Å². The number of aryl methyl sites for hydroxylation is 2. The molecule has 4 rings (SSSR count). The van der Waals surface area contributed by atoms with E-state index in [9.17, 15) is 4.79 Å². The Morgan fingerprint density at radius 2 is 2.28 bits per heavy atom. The third-order valence-electron chi connectivity index (χ3n) is 4.72. The van der Waals surface area contributed by atoms with Crippen molar-refractivity contribution >= 4 is 5.91 Å². The second kappa shape index (κ2) is 6.93. The van der Waals surface area contributed by atoms with Crippen molar-refractivity contribution in [3.63, 3.8) is 0 Å². The molecule has 0 bridgehead atoms. The summed E-state index contributed by atoms with van der Waals surface area (Å²) >= 11 is 0. The van der Waals surface area contributed by atoms with Crippen molar-refractivity contribution in [2.75, 3.05) is 6.54 Å². The molecular formula is C19H21N5O. The van der Waals surface area contributed by atoms with E-state index < -0.39 is 0 Å². The minimum absolute atomic E-state index is 0.0890. The van der Waals surface area contributed by atoms with E-state index in [0.717, 1.165) is 42.0 Å². The van der Waals surface area contributed by atoms with Crippen LogP contribution in [-0.4, -0.2) is 32.0 Å². The number of H-pyrrole nitrogens is 1. The summed E-state index contributed by atoms with van der Waals surface area (Å²) in [6.45, 7) is 0.639. The van der Waals surface area contributed by atoms with Crippen molar-refractivity contribution in [3.8, 4) is 11.3 Å². The Balaban J connectivity index is 1.39. The van der Waals surface area contributed by atoms with Crippen molar-refractivity contribution in [1.29, 1.82) is 0 Å². The number of nitrogens with one attached hydrogen (secondary N) is 2. The molecule has 0 saturated heterocycles. The molecule has 6 heteroatoms. The number of fused-ring (bicyclic) bond motifs is 1. The van der Waals surface area contributed by atoms with Crippen molar-refractivity contribution < 1.29 is 4.79 Å². The zero-order valence-corrected chi connectivity index (χ0v) is 14.0. The molecule has 128 valence electrons. The third kappa shape index (κ3) is 3.33. The fourth-order valence-corrected chi connectivity index (χ4v) is 3.43. The molecule has 1 unspecified atom stereocenters. The molecular weight excluding hydrogens is 314 g/mol. The number of amides is 1. The highest BCUT2D eigenvalue weighted by Crippen LogP contribution is 2.31. The molecule has 25 heavy (non-hydrogen) atoms. The van der Waals surface area contributed by atoms with E-state index in [1.807, 2.05) is 42.9 Å². The number of nitrogens with zero attached hydrogens (tertiary/aromatic N) is 3. The Hall–Kier alpha value is -2.89. The number of carbonyl (C=O) groups is 1. The molecule has 1 aliphatic heterocycles. The lowest BCUT2D eigenvalue weighted by molar-refractivity contribution is -0.121. The monoisotopic (exact) mass is 335 g/mol. The van der Waals surface area contributed by atoms with Crippen LogP contribution in [0.1, 0.15) is 30.4 Å². The molecule has 4 heterocycles. The van der Waals surface area contributed by atoms with Crippen LogP contribution in [-0.2, 0) is 17.6 Å². The van der Waals surface area contributed by atoms with Gasteiger partial charge in [0.2, 0.25) is 5.91 Å². The van der Waals surface area contributed by atoms with Gasteiger partial charge < -0.3 is 14.9 Å². The highest BCUT2D eigenvalue weighted by atomic mass is 16.1. The van der Waals surface area contributed by atoms with E-state index in [4.69, 9.17) is 0 Å². The van der Waals surface area contributed by atoms with Crippen LogP contribution in [0.15, 0.2) is 49.1 Å². The van der Waals surface area contributed by atoms with Crippen molar-refractivity contribution in [1.82, 2.24) is 24.8 Å². The lowest BCUT2D eigenvalue weighted by Gasteiger charge is -2.17. The van der Waals surface area contributed by atoms with Gasteiger partial charge in [-0.25, -0.2) is 4.98 Å². The predicted octanol–water partition coefficient (Wildman–Crippen LogP) is 2.51. The number of hydrogen-bond acceptors (Lipinski definition) is 3. The zero-order valence-electron chi connectivity index (χ0n) is 14.0. The van der Waals surface area contributed by atoms with Crippen LogP contribution in [0, 0.1) is 0 Å². The molecule has 0 radical (unpaired) electrons. The molecule has 3 aromatic heterocycles. The maximum absolute atomic E-state index is 12.1. The average Bonchev–Trinajstić information content (AvgIpc) is 3.37. The number of hydrogen-bond donors (Lipinski definition) is 2. The number of carbonyl (C=O) groups excluding carboxylic acids is 1. The highest BCUT2D eigenvalue weighted by molar-refractivity contribution is 5.76. The predicted molar refractivity (Wildman–Crippen MR) is 94.9 cm³/mol. The van der Waals surface area contributed by atoms with Gasteiger partial charge in [-0.05, 0) is 37.1 Å². The quantitative estimate of drug-likeness (QED) is 0.727. The number of aromatic nitrogens is 4. The van der Waals surface area contributed by atoms with Crippen LogP contribution in [0.25, 0.3) is 11.3 Å². The maximum Gasteiger partial charge on any atom is 0.220 e. The van der Waals surface area contributed by atoms with Crippen LogP contribution in [0.5, 0.6) is 0 Å². The molecule has 1 amide bonds. The van der Waals surface area contributed by atoms with E-state index in [-0.39, 0.29) is 11.9 Å². The molecule has 1 aliphatic rings. The minimum atomic E-state index is 0.0890. The third-order valence-corrected chi connectivity index (χ3v) is 4.72. The molecule has 0 spiro atoms. The van der Waals surface area contributed by atoms with Crippen LogP contribution in [0.2, 0.25) is 0 Å². The van der Waals surface area contributed by atoms with Gasteiger partial charge in [0.15, 0.2) is 0 Å². The Kier molecular flexibility index (Phi) is 4.33. The van der Waals surface area contributed by atoms with Crippen molar-refractivity contribution in [2.24, 2.45) is 0 Å². The molecule has 0 aromatic carbocycles. The van der Waals surface area contributed by atoms with Gasteiger partial charge in [0.05, 0.1) is 17.9 Å². The topological polar surface area (TPSA) is 75.6 Å². The lowest BCUT2D eigenvalue weighted by atomic mass is 10.1. The molecule has 3 aromatic rings. The fraction of sp³-hybridized carbons (Fsp3) is 0.316. The van der Waals surface area contributed by atoms with Gasteiger partial charge in [-0.1, -0.05) is 0 Å². The first-order chi connectivity index (χ1) is 12.3. The second-order valence-electron chi connectivity index (χ2n) is 6.36. The average molecular weight is 335 g/mol. The molecule has 2 N–H and O–H groups in total. The Labute approximate surface area is 146 Å². The second-order valence-corrected chi connectivity index (χ2v) is 6.36. The summed E-state index contributed by atoms with van der Waals surface area (Å²) < 4.78 is 2.25. The van der Waals surface area contributed by atoms with Crippen LogP contribution in [0.3, 0.4) is 0 Å². The SMILES string of the molecule is O=C(CCc1ccc[nH]1)NCC1CCc2ncc(-c3cccnc3)n21. The van der Waals surface area contributed by atoms with Gasteiger partial charge in [-0.2, -0.15) is 0 Å². The number of imidazole rings is 1.